The van der Waals surface area contributed by atoms with Crippen LogP contribution in [0.2, 0.25) is 0 Å². The van der Waals surface area contributed by atoms with Crippen molar-refractivity contribution in [1.82, 2.24) is 9.62 Å². The molecular weight excluding hydrogens is 274 g/mol. The second kappa shape index (κ2) is 5.76. The third-order valence-corrected chi connectivity index (χ3v) is 4.22. The smallest absolute Gasteiger partial charge is 0.269 e. The van der Waals surface area contributed by atoms with Crippen LogP contribution in [0.15, 0.2) is 29.2 Å². The molecule has 1 N–H and O–H groups in total. The van der Waals surface area contributed by atoms with Crippen LogP contribution in [0, 0.1) is 10.1 Å². The van der Waals surface area contributed by atoms with Crippen LogP contribution in [0.1, 0.15) is 0 Å². The van der Waals surface area contributed by atoms with Crippen molar-refractivity contribution in [2.45, 2.75) is 4.90 Å². The maximum absolute atomic E-state index is 12.0. The van der Waals surface area contributed by atoms with Gasteiger partial charge in [-0.3, -0.25) is 14.9 Å². The van der Waals surface area contributed by atoms with Crippen LogP contribution < -0.4 is 5.32 Å². The predicted octanol–water partition coefficient (Wildman–Crippen LogP) is -0.0387. The number of hydrogen-bond donors (Lipinski definition) is 1. The summed E-state index contributed by atoms with van der Waals surface area (Å²) in [5, 5.41) is 12.8. The minimum absolute atomic E-state index is 0.107. The van der Waals surface area contributed by atoms with Crippen LogP contribution >= 0.6 is 0 Å². The maximum atomic E-state index is 12.0. The van der Waals surface area contributed by atoms with Gasteiger partial charge >= 0.3 is 0 Å². The Labute approximate surface area is 110 Å². The summed E-state index contributed by atoms with van der Waals surface area (Å²) in [5.41, 5.74) is -0.201. The van der Waals surface area contributed by atoms with E-state index in [1.165, 1.54) is 14.1 Å². The summed E-state index contributed by atoms with van der Waals surface area (Å²) in [6.07, 6.45) is 0. The predicted molar refractivity (Wildman–Crippen MR) is 67.0 cm³/mol. The molecule has 1 aromatic rings. The van der Waals surface area contributed by atoms with Crippen molar-refractivity contribution < 1.29 is 18.1 Å². The standard InChI is InChI=1S/C10H13N3O5S/c1-11-10(14)7-12(2)19(17,18)9-5-3-8(4-6-9)13(15)16/h3-6H,7H2,1-2H3,(H,11,14). The van der Waals surface area contributed by atoms with Crippen molar-refractivity contribution in [3.05, 3.63) is 34.4 Å². The highest BCUT2D eigenvalue weighted by Gasteiger charge is 2.23. The van der Waals surface area contributed by atoms with Gasteiger partial charge in [-0.2, -0.15) is 4.31 Å². The number of amides is 1. The molecule has 104 valence electrons. The molecule has 0 spiro atoms. The summed E-state index contributed by atoms with van der Waals surface area (Å²) in [5.74, 6) is -0.451. The molecule has 0 unspecified atom stereocenters. The van der Waals surface area contributed by atoms with E-state index in [-0.39, 0.29) is 17.1 Å². The molecule has 9 heteroatoms. The van der Waals surface area contributed by atoms with Gasteiger partial charge in [0.2, 0.25) is 15.9 Å². The molecule has 0 aromatic heterocycles. The van der Waals surface area contributed by atoms with Crippen molar-refractivity contribution in [1.29, 1.82) is 0 Å². The zero-order valence-electron chi connectivity index (χ0n) is 10.4. The molecule has 0 saturated carbocycles. The molecule has 0 atom stereocenters. The molecule has 19 heavy (non-hydrogen) atoms. The fourth-order valence-corrected chi connectivity index (χ4v) is 2.41. The normalized spacial score (nSPS) is 11.3. The number of rotatable bonds is 5. The first-order valence-corrected chi connectivity index (χ1v) is 6.64. The van der Waals surface area contributed by atoms with Crippen LogP contribution in [-0.2, 0) is 14.8 Å². The van der Waals surface area contributed by atoms with Crippen LogP contribution in [0.5, 0.6) is 0 Å². The number of hydrogen-bond acceptors (Lipinski definition) is 5. The first kappa shape index (κ1) is 15.1. The average molecular weight is 287 g/mol. The number of non-ortho nitro benzene ring substituents is 1. The van der Waals surface area contributed by atoms with Gasteiger partial charge in [0.1, 0.15) is 0 Å². The lowest BCUT2D eigenvalue weighted by atomic mass is 10.3. The number of nitrogens with zero attached hydrogens (tertiary/aromatic N) is 2. The Balaban J connectivity index is 3.00. The van der Waals surface area contributed by atoms with Gasteiger partial charge in [-0.25, -0.2) is 8.42 Å². The number of nitro groups is 1. The van der Waals surface area contributed by atoms with E-state index in [0.717, 1.165) is 28.6 Å². The molecule has 0 heterocycles. The maximum Gasteiger partial charge on any atom is 0.269 e. The van der Waals surface area contributed by atoms with Crippen molar-refractivity contribution in [2.24, 2.45) is 0 Å². The summed E-state index contributed by atoms with van der Waals surface area (Å²) in [6.45, 7) is -0.324. The molecule has 0 saturated heterocycles. The highest BCUT2D eigenvalue weighted by atomic mass is 32.2. The molecule has 1 amide bonds. The number of sulfonamides is 1. The van der Waals surface area contributed by atoms with Gasteiger partial charge in [-0.05, 0) is 12.1 Å². The van der Waals surface area contributed by atoms with E-state index in [0.29, 0.717) is 0 Å². The van der Waals surface area contributed by atoms with E-state index >= 15 is 0 Å². The second-order valence-corrected chi connectivity index (χ2v) is 5.73. The van der Waals surface area contributed by atoms with E-state index in [1.807, 2.05) is 0 Å². The molecule has 0 aliphatic rings. The van der Waals surface area contributed by atoms with Gasteiger partial charge in [0.25, 0.3) is 5.69 Å². The topological polar surface area (TPSA) is 110 Å². The zero-order chi connectivity index (χ0) is 14.6. The van der Waals surface area contributed by atoms with E-state index in [2.05, 4.69) is 5.32 Å². The van der Waals surface area contributed by atoms with Crippen molar-refractivity contribution in [2.75, 3.05) is 20.6 Å². The molecule has 0 aliphatic carbocycles. The van der Waals surface area contributed by atoms with Gasteiger partial charge < -0.3 is 5.32 Å². The van der Waals surface area contributed by atoms with E-state index in [9.17, 15) is 23.3 Å². The Hall–Kier alpha value is -2.00. The molecule has 0 radical (unpaired) electrons. The van der Waals surface area contributed by atoms with Gasteiger partial charge in [0, 0.05) is 26.2 Å². The highest BCUT2D eigenvalue weighted by Crippen LogP contribution is 2.18. The van der Waals surface area contributed by atoms with Gasteiger partial charge in [0.05, 0.1) is 16.4 Å². The number of likely N-dealkylation sites (N-methyl/N-ethyl adjacent to an activating group) is 2. The summed E-state index contributed by atoms with van der Waals surface area (Å²) < 4.78 is 24.9. The quantitative estimate of drug-likeness (QED) is 0.603. The van der Waals surface area contributed by atoms with Crippen molar-refractivity contribution in [3.63, 3.8) is 0 Å². The minimum atomic E-state index is -3.84. The molecule has 1 aromatic carbocycles. The highest BCUT2D eigenvalue weighted by molar-refractivity contribution is 7.89. The Bertz CT molecular complexity index is 582. The lowest BCUT2D eigenvalue weighted by molar-refractivity contribution is -0.384. The van der Waals surface area contributed by atoms with E-state index < -0.39 is 20.9 Å². The number of benzene rings is 1. The lowest BCUT2D eigenvalue weighted by Crippen LogP contribution is -2.36. The van der Waals surface area contributed by atoms with Crippen LogP contribution in [0.3, 0.4) is 0 Å². The minimum Gasteiger partial charge on any atom is -0.358 e. The fraction of sp³-hybridized carbons (Fsp3) is 0.300. The molecule has 1 rings (SSSR count). The fourth-order valence-electron chi connectivity index (χ4n) is 1.29. The van der Waals surface area contributed by atoms with Crippen molar-refractivity contribution >= 4 is 21.6 Å². The van der Waals surface area contributed by atoms with Gasteiger partial charge in [0.15, 0.2) is 0 Å². The lowest BCUT2D eigenvalue weighted by Gasteiger charge is -2.15. The third-order valence-electron chi connectivity index (χ3n) is 2.40. The molecule has 0 bridgehead atoms. The molecular formula is C10H13N3O5S. The summed E-state index contributed by atoms with van der Waals surface area (Å²) in [4.78, 5) is 20.9. The van der Waals surface area contributed by atoms with Crippen LogP contribution in [-0.4, -0.2) is 44.2 Å². The molecule has 8 nitrogen and oxygen atoms in total. The monoisotopic (exact) mass is 287 g/mol. The third kappa shape index (κ3) is 3.48. The van der Waals surface area contributed by atoms with Gasteiger partial charge in [-0.15, -0.1) is 0 Å². The second-order valence-electron chi connectivity index (χ2n) is 3.69. The number of carbonyl (C=O) groups is 1. The van der Waals surface area contributed by atoms with Crippen LogP contribution in [0.25, 0.3) is 0 Å². The Kier molecular flexibility index (Phi) is 4.57. The average Bonchev–Trinajstić information content (AvgIpc) is 2.38. The SMILES string of the molecule is CNC(=O)CN(C)S(=O)(=O)c1ccc([N+](=O)[O-])cc1. The molecule has 0 fully saturated rings. The Morgan fingerprint density at radius 2 is 1.89 bits per heavy atom. The number of nitrogens with one attached hydrogen (secondary N) is 1. The zero-order valence-corrected chi connectivity index (χ0v) is 11.2. The first-order valence-electron chi connectivity index (χ1n) is 5.20. The number of carbonyl (C=O) groups excluding carboxylic acids is 1. The summed E-state index contributed by atoms with van der Waals surface area (Å²) >= 11 is 0. The van der Waals surface area contributed by atoms with E-state index in [1.54, 1.807) is 0 Å². The summed E-state index contributed by atoms with van der Waals surface area (Å²) in [6, 6.07) is 4.46. The largest absolute Gasteiger partial charge is 0.358 e. The number of nitro benzene ring substituents is 1. The van der Waals surface area contributed by atoms with Gasteiger partial charge in [-0.1, -0.05) is 0 Å². The van der Waals surface area contributed by atoms with E-state index in [4.69, 9.17) is 0 Å². The van der Waals surface area contributed by atoms with Crippen LogP contribution in [0.4, 0.5) is 5.69 Å². The Morgan fingerprint density at radius 1 is 1.37 bits per heavy atom. The Morgan fingerprint density at radius 3 is 2.32 bits per heavy atom. The molecule has 0 aliphatic heterocycles. The first-order chi connectivity index (χ1) is 8.78. The van der Waals surface area contributed by atoms with Crippen molar-refractivity contribution in [3.8, 4) is 0 Å². The summed E-state index contributed by atoms with van der Waals surface area (Å²) in [7, 11) is -1.18.